The van der Waals surface area contributed by atoms with Crippen LogP contribution in [0.4, 0.5) is 5.82 Å². The van der Waals surface area contributed by atoms with Gasteiger partial charge in [-0.3, -0.25) is 12.9 Å². The number of fused-ring (bicyclic) bond motifs is 1. The topological polar surface area (TPSA) is 175 Å². The smallest absolute Gasteiger partial charge is 0.264 e. The van der Waals surface area contributed by atoms with Crippen LogP contribution in [0.25, 0.3) is 11.2 Å². The Bertz CT molecular complexity index is 1790. The van der Waals surface area contributed by atoms with Gasteiger partial charge in [0.1, 0.15) is 24.1 Å². The molecule has 0 saturated carbocycles. The van der Waals surface area contributed by atoms with Crippen molar-refractivity contribution in [2.24, 2.45) is 0 Å². The minimum absolute atomic E-state index is 0.0998. The molecule has 4 atom stereocenters. The number of rotatable bonds is 10. The minimum Gasteiger partial charge on any atom is -0.405 e. The lowest BCUT2D eigenvalue weighted by Gasteiger charge is -2.43. The van der Waals surface area contributed by atoms with Crippen molar-refractivity contribution in [2.75, 3.05) is 24.9 Å². The zero-order chi connectivity index (χ0) is 31.9. The van der Waals surface area contributed by atoms with Crippen LogP contribution in [-0.4, -0.2) is 82.1 Å². The van der Waals surface area contributed by atoms with Crippen molar-refractivity contribution in [3.63, 3.8) is 0 Å². The Balaban J connectivity index is 1.62. The molecule has 5 rings (SSSR count). The monoisotopic (exact) mass is 661 g/mol. The predicted molar refractivity (Wildman–Crippen MR) is 167 cm³/mol. The van der Waals surface area contributed by atoms with Crippen molar-refractivity contribution in [3.8, 4) is 0 Å². The van der Waals surface area contributed by atoms with Gasteiger partial charge in [-0.25, -0.2) is 15.0 Å². The maximum absolute atomic E-state index is 12.5. The van der Waals surface area contributed by atoms with E-state index in [1.165, 1.54) is 17.2 Å². The SMILES string of the molecule is CC(C)(C)[Si](OC[C@H]1O[C@@H](n2cnc3c(N)ncnc32)[C@H](OS(C)(=O)=O)[C@@H]1OS(C)(=O)=O)(c1ccccc1)c1ccccc1. The third-order valence-electron chi connectivity index (χ3n) is 7.40. The van der Waals surface area contributed by atoms with E-state index in [-0.39, 0.29) is 23.6 Å². The molecule has 13 nitrogen and oxygen atoms in total. The molecule has 236 valence electrons. The van der Waals surface area contributed by atoms with E-state index >= 15 is 0 Å². The van der Waals surface area contributed by atoms with E-state index in [4.69, 9.17) is 23.3 Å². The number of nitrogen functional groups attached to an aromatic ring is 1. The Morgan fingerprint density at radius 2 is 1.41 bits per heavy atom. The summed E-state index contributed by atoms with van der Waals surface area (Å²) in [6.45, 7) is 6.13. The van der Waals surface area contributed by atoms with Gasteiger partial charge in [0.2, 0.25) is 0 Å². The first-order valence-electron chi connectivity index (χ1n) is 13.7. The summed E-state index contributed by atoms with van der Waals surface area (Å²) in [5.74, 6) is 0.0998. The van der Waals surface area contributed by atoms with Gasteiger partial charge < -0.3 is 14.9 Å². The largest absolute Gasteiger partial charge is 0.405 e. The second-order valence-electron chi connectivity index (χ2n) is 11.7. The fourth-order valence-electron chi connectivity index (χ4n) is 5.71. The van der Waals surface area contributed by atoms with Crippen molar-refractivity contribution in [1.82, 2.24) is 19.5 Å². The van der Waals surface area contributed by atoms with Gasteiger partial charge in [0, 0.05) is 0 Å². The van der Waals surface area contributed by atoms with Gasteiger partial charge in [0.05, 0.1) is 25.4 Å². The van der Waals surface area contributed by atoms with Crippen LogP contribution in [0.3, 0.4) is 0 Å². The molecule has 2 N–H and O–H groups in total. The van der Waals surface area contributed by atoms with Crippen LogP contribution in [0.15, 0.2) is 73.3 Å². The first kappa shape index (κ1) is 32.1. The Hall–Kier alpha value is -3.25. The van der Waals surface area contributed by atoms with Crippen LogP contribution >= 0.6 is 0 Å². The fraction of sp³-hybridized carbons (Fsp3) is 0.393. The predicted octanol–water partition coefficient (Wildman–Crippen LogP) is 1.57. The Morgan fingerprint density at radius 3 is 1.93 bits per heavy atom. The first-order chi connectivity index (χ1) is 20.6. The van der Waals surface area contributed by atoms with Crippen molar-refractivity contribution in [3.05, 3.63) is 73.3 Å². The number of nitrogens with zero attached hydrogens (tertiary/aromatic N) is 4. The highest BCUT2D eigenvalue weighted by molar-refractivity contribution is 7.86. The Labute approximate surface area is 257 Å². The van der Waals surface area contributed by atoms with E-state index in [1.54, 1.807) is 0 Å². The molecule has 0 spiro atoms. The number of benzene rings is 2. The maximum atomic E-state index is 12.5. The zero-order valence-electron chi connectivity index (χ0n) is 24.9. The number of ether oxygens (including phenoxy) is 1. The van der Waals surface area contributed by atoms with Crippen LogP contribution in [0.2, 0.25) is 5.04 Å². The Kier molecular flexibility index (Phi) is 8.71. The summed E-state index contributed by atoms with van der Waals surface area (Å²) in [6.07, 6.45) is -0.894. The molecule has 1 aliphatic heterocycles. The molecule has 1 aliphatic rings. The molecular weight excluding hydrogens is 627 g/mol. The number of aromatic nitrogens is 4. The van der Waals surface area contributed by atoms with E-state index in [1.807, 2.05) is 60.7 Å². The fourth-order valence-corrected chi connectivity index (χ4v) is 11.5. The lowest BCUT2D eigenvalue weighted by atomic mass is 10.1. The van der Waals surface area contributed by atoms with Crippen LogP contribution in [0, 0.1) is 0 Å². The third kappa shape index (κ3) is 6.42. The van der Waals surface area contributed by atoms with Crippen molar-refractivity contribution in [1.29, 1.82) is 0 Å². The second-order valence-corrected chi connectivity index (χ2v) is 19.2. The van der Waals surface area contributed by atoms with Crippen molar-refractivity contribution in [2.45, 2.75) is 50.3 Å². The average molecular weight is 662 g/mol. The van der Waals surface area contributed by atoms with E-state index in [2.05, 4.69) is 35.7 Å². The van der Waals surface area contributed by atoms with Gasteiger partial charge in [0.15, 0.2) is 23.8 Å². The zero-order valence-corrected chi connectivity index (χ0v) is 27.5. The molecule has 44 heavy (non-hydrogen) atoms. The molecule has 0 radical (unpaired) electrons. The quantitative estimate of drug-likeness (QED) is 0.192. The highest BCUT2D eigenvalue weighted by atomic mass is 32.2. The third-order valence-corrected chi connectivity index (χ3v) is 13.5. The lowest BCUT2D eigenvalue weighted by molar-refractivity contribution is -0.0439. The van der Waals surface area contributed by atoms with Crippen LogP contribution in [0.5, 0.6) is 0 Å². The van der Waals surface area contributed by atoms with E-state index in [0.717, 1.165) is 22.9 Å². The molecule has 1 fully saturated rings. The molecular formula is C28H35N5O8S2Si. The van der Waals surface area contributed by atoms with Gasteiger partial charge in [0.25, 0.3) is 28.6 Å². The van der Waals surface area contributed by atoms with E-state index < -0.39 is 58.1 Å². The summed E-state index contributed by atoms with van der Waals surface area (Å²) in [5.41, 5.74) is 6.46. The van der Waals surface area contributed by atoms with Gasteiger partial charge in [-0.15, -0.1) is 0 Å². The molecule has 0 bridgehead atoms. The normalized spacial score (nSPS) is 21.6. The summed E-state index contributed by atoms with van der Waals surface area (Å²) in [4.78, 5) is 12.4. The standard InChI is InChI=1S/C28H35N5O8S2Si/c1-28(2,3)44(19-12-8-6-9-13-19,20-14-10-7-11-15-20)38-16-21-23(40-42(4,34)35)24(41-43(5,36)37)27(39-21)33-18-32-22-25(29)30-17-31-26(22)33/h6-15,17-18,21,23-24,27H,16H2,1-5H3,(H2,29,30,31)/t21-,23-,24-,27-/m1/s1. The number of hydrogen-bond donors (Lipinski definition) is 1. The number of anilines is 1. The maximum Gasteiger partial charge on any atom is 0.264 e. The molecule has 4 aromatic rings. The number of nitrogens with two attached hydrogens (primary N) is 1. The summed E-state index contributed by atoms with van der Waals surface area (Å²) < 4.78 is 75.8. The van der Waals surface area contributed by atoms with E-state index in [0.29, 0.717) is 0 Å². The second kappa shape index (κ2) is 11.9. The molecule has 0 unspecified atom stereocenters. The number of imidazole rings is 1. The lowest BCUT2D eigenvalue weighted by Crippen LogP contribution is -2.67. The summed E-state index contributed by atoms with van der Waals surface area (Å²) in [6, 6.07) is 19.7. The first-order valence-corrected chi connectivity index (χ1v) is 19.2. The summed E-state index contributed by atoms with van der Waals surface area (Å²) in [5, 5.41) is 1.58. The van der Waals surface area contributed by atoms with Crippen molar-refractivity contribution >= 4 is 55.9 Å². The summed E-state index contributed by atoms with van der Waals surface area (Å²) >= 11 is 0. The van der Waals surface area contributed by atoms with Gasteiger partial charge in [-0.1, -0.05) is 81.4 Å². The van der Waals surface area contributed by atoms with Crippen LogP contribution in [-0.2, 0) is 37.8 Å². The van der Waals surface area contributed by atoms with Gasteiger partial charge >= 0.3 is 0 Å². The average Bonchev–Trinajstić information content (AvgIpc) is 3.50. The van der Waals surface area contributed by atoms with Crippen LogP contribution < -0.4 is 16.1 Å². The van der Waals surface area contributed by atoms with Gasteiger partial charge in [-0.2, -0.15) is 16.8 Å². The molecule has 1 saturated heterocycles. The molecule has 0 amide bonds. The Morgan fingerprint density at radius 1 is 0.864 bits per heavy atom. The highest BCUT2D eigenvalue weighted by Crippen LogP contribution is 2.40. The highest BCUT2D eigenvalue weighted by Gasteiger charge is 2.55. The van der Waals surface area contributed by atoms with E-state index in [9.17, 15) is 16.8 Å². The van der Waals surface area contributed by atoms with Crippen molar-refractivity contribution < 1.29 is 34.4 Å². The van der Waals surface area contributed by atoms with Gasteiger partial charge in [-0.05, 0) is 15.4 Å². The molecule has 3 heterocycles. The summed E-state index contributed by atoms with van der Waals surface area (Å²) in [7, 11) is -11.4. The molecule has 2 aromatic carbocycles. The molecule has 2 aromatic heterocycles. The minimum atomic E-state index is -4.14. The number of hydrogen-bond acceptors (Lipinski definition) is 12. The molecule has 0 aliphatic carbocycles. The van der Waals surface area contributed by atoms with Crippen LogP contribution in [0.1, 0.15) is 27.0 Å². The molecule has 16 heteroatoms.